The van der Waals surface area contributed by atoms with Gasteiger partial charge in [0.25, 0.3) is 11.8 Å². The van der Waals surface area contributed by atoms with Gasteiger partial charge in [0.05, 0.1) is 5.69 Å². The van der Waals surface area contributed by atoms with Crippen molar-refractivity contribution in [3.63, 3.8) is 0 Å². The van der Waals surface area contributed by atoms with Crippen molar-refractivity contribution in [1.29, 1.82) is 0 Å². The van der Waals surface area contributed by atoms with Gasteiger partial charge in [-0.15, -0.1) is 0 Å². The van der Waals surface area contributed by atoms with Gasteiger partial charge in [0.15, 0.2) is 6.61 Å². The summed E-state index contributed by atoms with van der Waals surface area (Å²) in [5, 5.41) is 2.78. The van der Waals surface area contributed by atoms with Crippen molar-refractivity contribution < 1.29 is 14.3 Å². The summed E-state index contributed by atoms with van der Waals surface area (Å²) in [5.74, 6) is 0.772. The minimum absolute atomic E-state index is 0.0176. The summed E-state index contributed by atoms with van der Waals surface area (Å²) in [7, 11) is 0. The van der Waals surface area contributed by atoms with E-state index < -0.39 is 0 Å². The molecule has 1 saturated heterocycles. The van der Waals surface area contributed by atoms with E-state index >= 15 is 0 Å². The van der Waals surface area contributed by atoms with E-state index in [1.807, 2.05) is 11.0 Å². The molecule has 2 aliphatic rings. The molecule has 140 valence electrons. The molecule has 4 rings (SSSR count). The maximum absolute atomic E-state index is 13.2. The van der Waals surface area contributed by atoms with Crippen molar-refractivity contribution in [2.24, 2.45) is 0 Å². The van der Waals surface area contributed by atoms with Crippen LogP contribution in [0.25, 0.3) is 0 Å². The number of hydrogen-bond donors (Lipinski definition) is 1. The third-order valence-electron chi connectivity index (χ3n) is 5.55. The Morgan fingerprint density at radius 3 is 2.85 bits per heavy atom. The number of ether oxygens (including phenoxy) is 1. The van der Waals surface area contributed by atoms with Gasteiger partial charge in [-0.1, -0.05) is 37.3 Å². The molecule has 0 aromatic heterocycles. The number of benzene rings is 2. The van der Waals surface area contributed by atoms with E-state index in [1.54, 1.807) is 18.2 Å². The Balaban J connectivity index is 1.59. The van der Waals surface area contributed by atoms with Crippen LogP contribution in [0.2, 0.25) is 0 Å². The van der Waals surface area contributed by atoms with Crippen LogP contribution in [0.4, 0.5) is 5.69 Å². The highest BCUT2D eigenvalue weighted by Crippen LogP contribution is 2.35. The SMILES string of the molecule is CC[C@H](c1ccccc1)[C@H]1CCCN1C(=O)c1ccc2c(c1)NC(=O)CO2. The van der Waals surface area contributed by atoms with Crippen LogP contribution in [0.5, 0.6) is 5.75 Å². The van der Waals surface area contributed by atoms with Crippen LogP contribution in [-0.2, 0) is 4.79 Å². The maximum Gasteiger partial charge on any atom is 0.262 e. The summed E-state index contributed by atoms with van der Waals surface area (Å²) in [6, 6.07) is 15.9. The van der Waals surface area contributed by atoms with Crippen LogP contribution in [0.1, 0.15) is 48.0 Å². The molecule has 0 spiro atoms. The molecule has 2 aromatic rings. The largest absolute Gasteiger partial charge is 0.482 e. The van der Waals surface area contributed by atoms with Crippen molar-refractivity contribution in [2.45, 2.75) is 38.1 Å². The average molecular weight is 364 g/mol. The molecule has 0 radical (unpaired) electrons. The van der Waals surface area contributed by atoms with E-state index in [4.69, 9.17) is 4.74 Å². The molecule has 5 heteroatoms. The molecular weight excluding hydrogens is 340 g/mol. The van der Waals surface area contributed by atoms with Crippen molar-refractivity contribution in [3.8, 4) is 5.75 Å². The molecule has 2 aliphatic heterocycles. The Kier molecular flexibility index (Phi) is 4.84. The fourth-order valence-electron chi connectivity index (χ4n) is 4.28. The molecule has 0 bridgehead atoms. The summed E-state index contributed by atoms with van der Waals surface area (Å²) >= 11 is 0. The Morgan fingerprint density at radius 2 is 2.07 bits per heavy atom. The lowest BCUT2D eigenvalue weighted by Gasteiger charge is -2.32. The van der Waals surface area contributed by atoms with Gasteiger partial charge in [-0.3, -0.25) is 9.59 Å². The lowest BCUT2D eigenvalue weighted by molar-refractivity contribution is -0.118. The van der Waals surface area contributed by atoms with Crippen molar-refractivity contribution >= 4 is 17.5 Å². The summed E-state index contributed by atoms with van der Waals surface area (Å²) in [5.41, 5.74) is 2.45. The van der Waals surface area contributed by atoms with Gasteiger partial charge in [0.2, 0.25) is 0 Å². The topological polar surface area (TPSA) is 58.6 Å². The molecule has 0 unspecified atom stereocenters. The van der Waals surface area contributed by atoms with E-state index in [2.05, 4.69) is 36.5 Å². The summed E-state index contributed by atoms with van der Waals surface area (Å²) in [6.07, 6.45) is 3.03. The van der Waals surface area contributed by atoms with E-state index in [9.17, 15) is 9.59 Å². The summed E-state index contributed by atoms with van der Waals surface area (Å²) in [6.45, 7) is 2.97. The molecule has 1 fully saturated rings. The Labute approximate surface area is 159 Å². The predicted octanol–water partition coefficient (Wildman–Crippen LogP) is 3.82. The molecule has 0 aliphatic carbocycles. The number of rotatable bonds is 4. The van der Waals surface area contributed by atoms with Gasteiger partial charge < -0.3 is 15.0 Å². The van der Waals surface area contributed by atoms with Gasteiger partial charge in [-0.2, -0.15) is 0 Å². The van der Waals surface area contributed by atoms with Crippen molar-refractivity contribution in [1.82, 2.24) is 4.90 Å². The molecular formula is C22H24N2O3. The zero-order valence-electron chi connectivity index (χ0n) is 15.5. The summed E-state index contributed by atoms with van der Waals surface area (Å²) in [4.78, 5) is 26.8. The highest BCUT2D eigenvalue weighted by atomic mass is 16.5. The molecule has 1 N–H and O–H groups in total. The zero-order valence-corrected chi connectivity index (χ0v) is 15.5. The first-order valence-electron chi connectivity index (χ1n) is 9.60. The number of nitrogens with zero attached hydrogens (tertiary/aromatic N) is 1. The fraction of sp³-hybridized carbons (Fsp3) is 0.364. The van der Waals surface area contributed by atoms with Gasteiger partial charge in [0, 0.05) is 24.1 Å². The van der Waals surface area contributed by atoms with E-state index in [0.29, 0.717) is 22.9 Å². The smallest absolute Gasteiger partial charge is 0.262 e. The van der Waals surface area contributed by atoms with Crippen LogP contribution >= 0.6 is 0 Å². The molecule has 27 heavy (non-hydrogen) atoms. The molecule has 5 nitrogen and oxygen atoms in total. The normalized spacial score (nSPS) is 19.8. The number of amides is 2. The van der Waals surface area contributed by atoms with E-state index in [-0.39, 0.29) is 24.5 Å². The second kappa shape index (κ2) is 7.43. The second-order valence-corrected chi connectivity index (χ2v) is 7.18. The first kappa shape index (κ1) is 17.6. The molecule has 2 amide bonds. The van der Waals surface area contributed by atoms with Crippen LogP contribution in [0.15, 0.2) is 48.5 Å². The first-order chi connectivity index (χ1) is 13.2. The average Bonchev–Trinajstić information content (AvgIpc) is 3.17. The van der Waals surface area contributed by atoms with Crippen LogP contribution in [0, 0.1) is 0 Å². The standard InChI is InChI=1S/C22H24N2O3/c1-2-17(15-7-4-3-5-8-15)19-9-6-12-24(19)22(26)16-10-11-20-18(13-16)23-21(25)14-27-20/h3-5,7-8,10-11,13,17,19H,2,6,9,12,14H2,1H3,(H,23,25)/t17-,19-/m1/s1. The molecule has 2 aromatic carbocycles. The highest BCUT2D eigenvalue weighted by Gasteiger charge is 2.35. The Bertz CT molecular complexity index is 850. The summed E-state index contributed by atoms with van der Waals surface area (Å²) < 4.78 is 5.39. The lowest BCUT2D eigenvalue weighted by Crippen LogP contribution is -2.39. The van der Waals surface area contributed by atoms with Gasteiger partial charge in [-0.25, -0.2) is 0 Å². The number of carbonyl (C=O) groups is 2. The van der Waals surface area contributed by atoms with E-state index in [1.165, 1.54) is 5.56 Å². The minimum Gasteiger partial charge on any atom is -0.482 e. The number of anilines is 1. The zero-order chi connectivity index (χ0) is 18.8. The highest BCUT2D eigenvalue weighted by molar-refractivity contribution is 6.00. The van der Waals surface area contributed by atoms with Crippen LogP contribution in [0.3, 0.4) is 0 Å². The number of fused-ring (bicyclic) bond motifs is 1. The van der Waals surface area contributed by atoms with Gasteiger partial charge in [0.1, 0.15) is 5.75 Å². The third kappa shape index (κ3) is 3.42. The maximum atomic E-state index is 13.2. The predicted molar refractivity (Wildman–Crippen MR) is 104 cm³/mol. The number of hydrogen-bond acceptors (Lipinski definition) is 3. The quantitative estimate of drug-likeness (QED) is 0.897. The van der Waals surface area contributed by atoms with Crippen molar-refractivity contribution in [2.75, 3.05) is 18.5 Å². The van der Waals surface area contributed by atoms with Gasteiger partial charge in [-0.05, 0) is 43.0 Å². The number of likely N-dealkylation sites (tertiary alicyclic amines) is 1. The molecule has 0 saturated carbocycles. The van der Waals surface area contributed by atoms with Crippen LogP contribution < -0.4 is 10.1 Å². The number of carbonyl (C=O) groups excluding carboxylic acids is 2. The molecule has 2 atom stereocenters. The van der Waals surface area contributed by atoms with E-state index in [0.717, 1.165) is 25.8 Å². The number of nitrogens with one attached hydrogen (secondary N) is 1. The van der Waals surface area contributed by atoms with Crippen molar-refractivity contribution in [3.05, 3.63) is 59.7 Å². The van der Waals surface area contributed by atoms with Crippen LogP contribution in [-0.4, -0.2) is 35.9 Å². The monoisotopic (exact) mass is 364 g/mol. The minimum atomic E-state index is -0.193. The van der Waals surface area contributed by atoms with Gasteiger partial charge >= 0.3 is 0 Å². The second-order valence-electron chi connectivity index (χ2n) is 7.18. The molecule has 2 heterocycles. The Morgan fingerprint density at radius 1 is 1.26 bits per heavy atom. The Hall–Kier alpha value is -2.82. The lowest BCUT2D eigenvalue weighted by atomic mass is 9.87. The third-order valence-corrected chi connectivity index (χ3v) is 5.55. The first-order valence-corrected chi connectivity index (χ1v) is 9.60. The fourth-order valence-corrected chi connectivity index (χ4v) is 4.28.